The lowest BCUT2D eigenvalue weighted by Crippen LogP contribution is -2.38. The van der Waals surface area contributed by atoms with Gasteiger partial charge in [-0.3, -0.25) is 4.79 Å². The zero-order valence-corrected chi connectivity index (χ0v) is 13.2. The fraction of sp³-hybridized carbons (Fsp3) is 0.462. The molecule has 0 bridgehead atoms. The van der Waals surface area contributed by atoms with Crippen molar-refractivity contribution < 1.29 is 17.9 Å². The summed E-state index contributed by atoms with van der Waals surface area (Å²) in [6, 6.07) is 4.30. The molecule has 7 nitrogen and oxygen atoms in total. The van der Waals surface area contributed by atoms with Crippen LogP contribution in [0.2, 0.25) is 0 Å². The molecule has 1 aromatic rings. The number of nitrogen functional groups attached to an aromatic ring is 1. The number of nitrogens with zero attached hydrogens (tertiary/aromatic N) is 1. The zero-order valence-electron chi connectivity index (χ0n) is 12.4. The van der Waals surface area contributed by atoms with E-state index < -0.39 is 10.0 Å². The lowest BCUT2D eigenvalue weighted by atomic mass is 10.3. The summed E-state index contributed by atoms with van der Waals surface area (Å²) in [4.78, 5) is 11.6. The second-order valence-electron chi connectivity index (χ2n) is 4.51. The molecular formula is C13H21N3O4S. The molecule has 0 spiro atoms. The van der Waals surface area contributed by atoms with Crippen molar-refractivity contribution in [2.24, 2.45) is 0 Å². The molecule has 1 rings (SSSR count). The van der Waals surface area contributed by atoms with Crippen LogP contribution in [0.15, 0.2) is 23.1 Å². The highest BCUT2D eigenvalue weighted by molar-refractivity contribution is 7.89. The number of ether oxygens (including phenoxy) is 1. The minimum absolute atomic E-state index is 0.0471. The van der Waals surface area contributed by atoms with Crippen LogP contribution in [0, 0.1) is 0 Å². The van der Waals surface area contributed by atoms with Gasteiger partial charge in [0.25, 0.3) is 0 Å². The summed E-state index contributed by atoms with van der Waals surface area (Å²) < 4.78 is 30.7. The number of sulfonamides is 1. The third-order valence-corrected chi connectivity index (χ3v) is 4.72. The molecule has 0 saturated carbocycles. The van der Waals surface area contributed by atoms with Gasteiger partial charge < -0.3 is 15.8 Å². The molecule has 0 saturated heterocycles. The van der Waals surface area contributed by atoms with Gasteiger partial charge in [0, 0.05) is 19.7 Å². The number of hydrogen-bond acceptors (Lipinski definition) is 5. The second kappa shape index (κ2) is 7.28. The minimum Gasteiger partial charge on any atom is -0.497 e. The lowest BCUT2D eigenvalue weighted by Gasteiger charge is -2.18. The summed E-state index contributed by atoms with van der Waals surface area (Å²) in [6.07, 6.45) is 0.785. The Hall–Kier alpha value is -1.80. The summed E-state index contributed by atoms with van der Waals surface area (Å²) in [5.74, 6) is 0.116. The average Bonchev–Trinajstić information content (AvgIpc) is 2.44. The number of benzene rings is 1. The van der Waals surface area contributed by atoms with Gasteiger partial charge in [0.15, 0.2) is 0 Å². The van der Waals surface area contributed by atoms with Gasteiger partial charge in [-0.25, -0.2) is 8.42 Å². The van der Waals surface area contributed by atoms with Gasteiger partial charge in [-0.05, 0) is 18.6 Å². The number of carbonyl (C=O) groups excluding carboxylic acids is 1. The molecule has 118 valence electrons. The molecule has 0 atom stereocenters. The zero-order chi connectivity index (χ0) is 16.0. The van der Waals surface area contributed by atoms with Crippen molar-refractivity contribution in [2.45, 2.75) is 18.2 Å². The van der Waals surface area contributed by atoms with Crippen molar-refractivity contribution in [3.8, 4) is 5.75 Å². The van der Waals surface area contributed by atoms with Crippen molar-refractivity contribution in [1.29, 1.82) is 0 Å². The van der Waals surface area contributed by atoms with Gasteiger partial charge in [-0.2, -0.15) is 4.31 Å². The van der Waals surface area contributed by atoms with E-state index in [0.717, 1.165) is 10.7 Å². The molecule has 1 amide bonds. The van der Waals surface area contributed by atoms with E-state index in [0.29, 0.717) is 12.3 Å². The van der Waals surface area contributed by atoms with Crippen LogP contribution < -0.4 is 15.8 Å². The van der Waals surface area contributed by atoms with E-state index in [4.69, 9.17) is 10.5 Å². The van der Waals surface area contributed by atoms with Crippen molar-refractivity contribution in [1.82, 2.24) is 9.62 Å². The fourth-order valence-electron chi connectivity index (χ4n) is 1.66. The van der Waals surface area contributed by atoms with Gasteiger partial charge >= 0.3 is 0 Å². The van der Waals surface area contributed by atoms with E-state index in [9.17, 15) is 13.2 Å². The molecule has 0 aliphatic rings. The van der Waals surface area contributed by atoms with Crippen LogP contribution in [0.3, 0.4) is 0 Å². The molecule has 0 unspecified atom stereocenters. The van der Waals surface area contributed by atoms with E-state index in [1.165, 1.54) is 32.4 Å². The third kappa shape index (κ3) is 4.33. The van der Waals surface area contributed by atoms with Crippen LogP contribution >= 0.6 is 0 Å². The molecule has 0 heterocycles. The maximum atomic E-state index is 12.4. The van der Waals surface area contributed by atoms with E-state index in [2.05, 4.69) is 5.32 Å². The predicted octanol–water partition coefficient (Wildman–Crippen LogP) is 0.424. The van der Waals surface area contributed by atoms with Gasteiger partial charge in [0.2, 0.25) is 15.9 Å². The molecule has 0 fully saturated rings. The maximum Gasteiger partial charge on any atom is 0.245 e. The molecule has 1 aromatic carbocycles. The van der Waals surface area contributed by atoms with Crippen LogP contribution in [0.1, 0.15) is 13.3 Å². The van der Waals surface area contributed by atoms with Crippen LogP contribution in [0.5, 0.6) is 5.75 Å². The number of rotatable bonds is 7. The quantitative estimate of drug-likeness (QED) is 0.710. The monoisotopic (exact) mass is 315 g/mol. The molecule has 0 radical (unpaired) electrons. The number of nitrogens with one attached hydrogen (secondary N) is 1. The molecule has 0 aromatic heterocycles. The summed E-state index contributed by atoms with van der Waals surface area (Å²) in [6.45, 7) is 2.17. The molecule has 21 heavy (non-hydrogen) atoms. The number of hydrogen-bond donors (Lipinski definition) is 2. The normalized spacial score (nSPS) is 11.4. The molecule has 0 aliphatic carbocycles. The van der Waals surface area contributed by atoms with E-state index in [1.54, 1.807) is 0 Å². The van der Waals surface area contributed by atoms with Crippen LogP contribution in [-0.2, 0) is 14.8 Å². The van der Waals surface area contributed by atoms with Gasteiger partial charge in [-0.1, -0.05) is 6.92 Å². The predicted molar refractivity (Wildman–Crippen MR) is 80.5 cm³/mol. The Balaban J connectivity index is 2.92. The molecule has 8 heteroatoms. The summed E-state index contributed by atoms with van der Waals surface area (Å²) in [5, 5.41) is 2.62. The number of likely N-dealkylation sites (N-methyl/N-ethyl adjacent to an activating group) is 1. The van der Waals surface area contributed by atoms with E-state index in [1.807, 2.05) is 6.92 Å². The molecule has 3 N–H and O–H groups in total. The highest BCUT2D eigenvalue weighted by Crippen LogP contribution is 2.25. The van der Waals surface area contributed by atoms with Gasteiger partial charge in [-0.15, -0.1) is 0 Å². The molecule has 0 aliphatic heterocycles. The Morgan fingerprint density at radius 1 is 1.43 bits per heavy atom. The first-order chi connectivity index (χ1) is 9.82. The van der Waals surface area contributed by atoms with Crippen molar-refractivity contribution >= 4 is 21.6 Å². The first kappa shape index (κ1) is 17.3. The SMILES string of the molecule is CCCNC(=O)CN(C)S(=O)(=O)c1ccc(OC)cc1N. The average molecular weight is 315 g/mol. The topological polar surface area (TPSA) is 102 Å². The van der Waals surface area contributed by atoms with Gasteiger partial charge in [0.1, 0.15) is 10.6 Å². The maximum absolute atomic E-state index is 12.4. The smallest absolute Gasteiger partial charge is 0.245 e. The number of amides is 1. The molecular weight excluding hydrogens is 294 g/mol. The van der Waals surface area contributed by atoms with Crippen LogP contribution in [0.4, 0.5) is 5.69 Å². The Morgan fingerprint density at radius 3 is 2.62 bits per heavy atom. The minimum atomic E-state index is -3.82. The van der Waals surface area contributed by atoms with E-state index in [-0.39, 0.29) is 23.0 Å². The first-order valence-corrected chi connectivity index (χ1v) is 7.93. The summed E-state index contributed by atoms with van der Waals surface area (Å²) in [5.41, 5.74) is 5.82. The third-order valence-electron chi connectivity index (χ3n) is 2.84. The number of anilines is 1. The Labute approximate surface area is 125 Å². The largest absolute Gasteiger partial charge is 0.497 e. The number of carbonyl (C=O) groups is 1. The van der Waals surface area contributed by atoms with Crippen molar-refractivity contribution in [3.05, 3.63) is 18.2 Å². The summed E-state index contributed by atoms with van der Waals surface area (Å²) >= 11 is 0. The summed E-state index contributed by atoms with van der Waals surface area (Å²) in [7, 11) is -1.02. The van der Waals surface area contributed by atoms with Gasteiger partial charge in [0.05, 0.1) is 19.3 Å². The standard InChI is InChI=1S/C13H21N3O4S/c1-4-7-15-13(17)9-16(2)21(18,19)12-6-5-10(20-3)8-11(12)14/h5-6,8H,4,7,9,14H2,1-3H3,(H,15,17). The fourth-order valence-corrected chi connectivity index (χ4v) is 2.88. The second-order valence-corrected chi connectivity index (χ2v) is 6.53. The lowest BCUT2D eigenvalue weighted by molar-refractivity contribution is -0.121. The van der Waals surface area contributed by atoms with Crippen LogP contribution in [0.25, 0.3) is 0 Å². The Morgan fingerprint density at radius 2 is 2.10 bits per heavy atom. The van der Waals surface area contributed by atoms with E-state index >= 15 is 0 Å². The van der Waals surface area contributed by atoms with Crippen LogP contribution in [-0.4, -0.2) is 45.9 Å². The Bertz CT molecular complexity index is 601. The van der Waals surface area contributed by atoms with Crippen molar-refractivity contribution in [3.63, 3.8) is 0 Å². The Kier molecular flexibility index (Phi) is 5.98. The van der Waals surface area contributed by atoms with Crippen molar-refractivity contribution in [2.75, 3.05) is 33.0 Å². The highest BCUT2D eigenvalue weighted by atomic mass is 32.2. The first-order valence-electron chi connectivity index (χ1n) is 6.49. The number of methoxy groups -OCH3 is 1. The number of nitrogens with two attached hydrogens (primary N) is 1. The highest BCUT2D eigenvalue weighted by Gasteiger charge is 2.25.